The second kappa shape index (κ2) is 6.10. The van der Waals surface area contributed by atoms with Crippen molar-refractivity contribution in [2.45, 2.75) is 13.0 Å². The summed E-state index contributed by atoms with van der Waals surface area (Å²) in [6, 6.07) is 5.40. The van der Waals surface area contributed by atoms with Gasteiger partial charge in [0, 0.05) is 0 Å². The normalized spacial score (nSPS) is 11.8. The second-order valence-corrected chi connectivity index (χ2v) is 3.61. The van der Waals surface area contributed by atoms with Gasteiger partial charge in [0.05, 0.1) is 26.8 Å². The Bertz CT molecular complexity index is 393. The smallest absolute Gasteiger partial charge is 0.234 e. The fourth-order valence-electron chi connectivity index (χ4n) is 1.51. The van der Waals surface area contributed by atoms with Gasteiger partial charge in [-0.3, -0.25) is 4.79 Å². The molecule has 5 nitrogen and oxygen atoms in total. The highest BCUT2D eigenvalue weighted by atomic mass is 16.5. The number of hydrogen-bond donors (Lipinski definition) is 2. The largest absolute Gasteiger partial charge is 0.493 e. The Balaban J connectivity index is 2.87. The zero-order valence-electron chi connectivity index (χ0n) is 10.3. The van der Waals surface area contributed by atoms with Crippen LogP contribution in [0.25, 0.3) is 0 Å². The van der Waals surface area contributed by atoms with Crippen LogP contribution < -0.4 is 20.5 Å². The molecule has 1 unspecified atom stereocenters. The average Bonchev–Trinajstić information content (AvgIpc) is 2.37. The first kappa shape index (κ1) is 13.3. The standard InChI is InChI=1S/C12H18N2O3/c1-8(14-12(15)7-13)9-4-5-10(16-2)11(6-9)17-3/h4-6,8H,7,13H2,1-3H3,(H,14,15). The lowest BCUT2D eigenvalue weighted by atomic mass is 10.1. The molecule has 17 heavy (non-hydrogen) atoms. The molecule has 0 saturated carbocycles. The molecule has 3 N–H and O–H groups in total. The summed E-state index contributed by atoms with van der Waals surface area (Å²) in [5.74, 6) is 1.11. The number of nitrogens with one attached hydrogen (secondary N) is 1. The molecule has 94 valence electrons. The van der Waals surface area contributed by atoms with E-state index >= 15 is 0 Å². The van der Waals surface area contributed by atoms with Gasteiger partial charge in [-0.2, -0.15) is 0 Å². The molecular formula is C12H18N2O3. The lowest BCUT2D eigenvalue weighted by Crippen LogP contribution is -2.32. The Morgan fingerprint density at radius 3 is 2.53 bits per heavy atom. The van der Waals surface area contributed by atoms with Crippen molar-refractivity contribution in [3.63, 3.8) is 0 Å². The van der Waals surface area contributed by atoms with Gasteiger partial charge in [-0.25, -0.2) is 0 Å². The SMILES string of the molecule is COc1ccc(C(C)NC(=O)CN)cc1OC. The van der Waals surface area contributed by atoms with Gasteiger partial charge in [-0.05, 0) is 24.6 Å². The number of benzene rings is 1. The van der Waals surface area contributed by atoms with Gasteiger partial charge in [-0.15, -0.1) is 0 Å². The monoisotopic (exact) mass is 238 g/mol. The summed E-state index contributed by atoms with van der Waals surface area (Å²) in [4.78, 5) is 11.2. The van der Waals surface area contributed by atoms with Crippen LogP contribution in [0.4, 0.5) is 0 Å². The minimum absolute atomic E-state index is 0.0162. The van der Waals surface area contributed by atoms with E-state index in [1.165, 1.54) is 0 Å². The number of carbonyl (C=O) groups excluding carboxylic acids is 1. The second-order valence-electron chi connectivity index (χ2n) is 3.61. The van der Waals surface area contributed by atoms with E-state index in [0.29, 0.717) is 11.5 Å². The molecule has 5 heteroatoms. The Hall–Kier alpha value is -1.75. The van der Waals surface area contributed by atoms with E-state index in [4.69, 9.17) is 15.2 Å². The average molecular weight is 238 g/mol. The molecule has 1 rings (SSSR count). The molecule has 1 aromatic carbocycles. The highest BCUT2D eigenvalue weighted by molar-refractivity contribution is 5.78. The van der Waals surface area contributed by atoms with Gasteiger partial charge < -0.3 is 20.5 Å². The first-order valence-electron chi connectivity index (χ1n) is 5.33. The lowest BCUT2D eigenvalue weighted by Gasteiger charge is -2.16. The van der Waals surface area contributed by atoms with E-state index in [1.807, 2.05) is 19.1 Å². The minimum Gasteiger partial charge on any atom is -0.493 e. The molecule has 1 amide bonds. The fraction of sp³-hybridized carbons (Fsp3) is 0.417. The number of rotatable bonds is 5. The topological polar surface area (TPSA) is 73.6 Å². The van der Waals surface area contributed by atoms with Crippen molar-refractivity contribution in [3.05, 3.63) is 23.8 Å². The Labute approximate surface area is 101 Å². The van der Waals surface area contributed by atoms with Crippen molar-refractivity contribution >= 4 is 5.91 Å². The molecule has 0 aliphatic heterocycles. The van der Waals surface area contributed by atoms with Gasteiger partial charge in [0.25, 0.3) is 0 Å². The molecule has 0 aromatic heterocycles. The summed E-state index contributed by atoms with van der Waals surface area (Å²) in [7, 11) is 3.15. The molecule has 0 radical (unpaired) electrons. The Kier molecular flexibility index (Phi) is 4.78. The van der Waals surface area contributed by atoms with Crippen LogP contribution in [0.1, 0.15) is 18.5 Å². The predicted octanol–water partition coefficient (Wildman–Crippen LogP) is 0.840. The molecule has 0 spiro atoms. The third-order valence-electron chi connectivity index (χ3n) is 2.47. The molecule has 0 bridgehead atoms. The van der Waals surface area contributed by atoms with Crippen molar-refractivity contribution in [3.8, 4) is 11.5 Å². The summed E-state index contributed by atoms with van der Waals surface area (Å²) >= 11 is 0. The van der Waals surface area contributed by atoms with Crippen molar-refractivity contribution in [2.24, 2.45) is 5.73 Å². The molecule has 1 aromatic rings. The molecule has 0 aliphatic rings. The highest BCUT2D eigenvalue weighted by Crippen LogP contribution is 2.29. The third-order valence-corrected chi connectivity index (χ3v) is 2.47. The van der Waals surface area contributed by atoms with E-state index in [2.05, 4.69) is 5.32 Å². The lowest BCUT2D eigenvalue weighted by molar-refractivity contribution is -0.120. The molecule has 0 saturated heterocycles. The number of methoxy groups -OCH3 is 2. The van der Waals surface area contributed by atoms with Crippen LogP contribution in [0.2, 0.25) is 0 Å². The van der Waals surface area contributed by atoms with E-state index in [0.717, 1.165) is 5.56 Å². The highest BCUT2D eigenvalue weighted by Gasteiger charge is 2.11. The number of ether oxygens (including phenoxy) is 2. The van der Waals surface area contributed by atoms with Gasteiger partial charge in [-0.1, -0.05) is 6.07 Å². The molecule has 0 fully saturated rings. The predicted molar refractivity (Wildman–Crippen MR) is 65.2 cm³/mol. The van der Waals surface area contributed by atoms with Crippen LogP contribution in [-0.4, -0.2) is 26.7 Å². The molecular weight excluding hydrogens is 220 g/mol. The minimum atomic E-state index is -0.188. The van der Waals surface area contributed by atoms with Crippen LogP contribution in [0.3, 0.4) is 0 Å². The van der Waals surface area contributed by atoms with Gasteiger partial charge in [0.1, 0.15) is 0 Å². The van der Waals surface area contributed by atoms with Gasteiger partial charge in [0.2, 0.25) is 5.91 Å². The Morgan fingerprint density at radius 2 is 2.00 bits per heavy atom. The number of amides is 1. The molecule has 1 atom stereocenters. The van der Waals surface area contributed by atoms with E-state index < -0.39 is 0 Å². The van der Waals surface area contributed by atoms with Crippen molar-refractivity contribution in [1.29, 1.82) is 0 Å². The van der Waals surface area contributed by atoms with Gasteiger partial charge >= 0.3 is 0 Å². The van der Waals surface area contributed by atoms with Crippen LogP contribution in [0, 0.1) is 0 Å². The van der Waals surface area contributed by atoms with Crippen LogP contribution >= 0.6 is 0 Å². The van der Waals surface area contributed by atoms with E-state index in [1.54, 1.807) is 20.3 Å². The van der Waals surface area contributed by atoms with Crippen molar-refractivity contribution in [2.75, 3.05) is 20.8 Å². The van der Waals surface area contributed by atoms with E-state index in [9.17, 15) is 4.79 Å². The van der Waals surface area contributed by atoms with Crippen molar-refractivity contribution < 1.29 is 14.3 Å². The maximum absolute atomic E-state index is 11.2. The van der Waals surface area contributed by atoms with Crippen LogP contribution in [0.5, 0.6) is 11.5 Å². The first-order valence-corrected chi connectivity index (χ1v) is 5.33. The quantitative estimate of drug-likeness (QED) is 0.797. The number of carbonyl (C=O) groups is 1. The summed E-state index contributed by atoms with van der Waals surface area (Å²) in [6.07, 6.45) is 0. The zero-order valence-corrected chi connectivity index (χ0v) is 10.3. The number of nitrogens with two attached hydrogens (primary N) is 1. The summed E-state index contributed by atoms with van der Waals surface area (Å²) in [5.41, 5.74) is 6.18. The van der Waals surface area contributed by atoms with Crippen molar-refractivity contribution in [1.82, 2.24) is 5.32 Å². The van der Waals surface area contributed by atoms with Crippen LogP contribution in [0.15, 0.2) is 18.2 Å². The van der Waals surface area contributed by atoms with Crippen LogP contribution in [-0.2, 0) is 4.79 Å². The van der Waals surface area contributed by atoms with Gasteiger partial charge in [0.15, 0.2) is 11.5 Å². The summed E-state index contributed by atoms with van der Waals surface area (Å²) in [5, 5.41) is 2.77. The fourth-order valence-corrected chi connectivity index (χ4v) is 1.51. The summed E-state index contributed by atoms with van der Waals surface area (Å²) < 4.78 is 10.3. The first-order chi connectivity index (χ1) is 8.12. The third kappa shape index (κ3) is 3.35. The Morgan fingerprint density at radius 1 is 1.35 bits per heavy atom. The zero-order chi connectivity index (χ0) is 12.8. The molecule has 0 aliphatic carbocycles. The maximum Gasteiger partial charge on any atom is 0.234 e. The number of hydrogen-bond acceptors (Lipinski definition) is 4. The molecule has 0 heterocycles. The maximum atomic E-state index is 11.2. The van der Waals surface area contributed by atoms with E-state index in [-0.39, 0.29) is 18.5 Å². The summed E-state index contributed by atoms with van der Waals surface area (Å²) in [6.45, 7) is 1.87.